The molecule has 0 fully saturated rings. The molecule has 0 bridgehead atoms. The van der Waals surface area contributed by atoms with Crippen molar-refractivity contribution in [2.45, 2.75) is 6.92 Å². The second kappa shape index (κ2) is 5.84. The number of hydrogen-bond acceptors (Lipinski definition) is 3. The molecule has 0 heterocycles. The van der Waals surface area contributed by atoms with Crippen LogP contribution in [0.5, 0.6) is 5.75 Å². The maximum Gasteiger partial charge on any atom is 0.259 e. The molecule has 2 rings (SSSR count). The zero-order valence-corrected chi connectivity index (χ0v) is 12.0. The first-order valence-corrected chi connectivity index (χ1v) is 6.40. The zero-order chi connectivity index (χ0) is 14.7. The summed E-state index contributed by atoms with van der Waals surface area (Å²) in [5.41, 5.74) is 8.34. The highest BCUT2D eigenvalue weighted by atomic mass is 35.5. The van der Waals surface area contributed by atoms with Gasteiger partial charge < -0.3 is 15.8 Å². The Morgan fingerprint density at radius 3 is 2.70 bits per heavy atom. The number of methoxy groups -OCH3 is 1. The van der Waals surface area contributed by atoms with E-state index in [4.69, 9.17) is 22.1 Å². The summed E-state index contributed by atoms with van der Waals surface area (Å²) in [5.74, 6) is 0.156. The normalized spacial score (nSPS) is 10.2. The molecule has 2 aromatic rings. The van der Waals surface area contributed by atoms with E-state index in [2.05, 4.69) is 5.32 Å². The molecule has 4 nitrogen and oxygen atoms in total. The summed E-state index contributed by atoms with van der Waals surface area (Å²) in [5, 5.41) is 3.33. The fraction of sp³-hybridized carbons (Fsp3) is 0.133. The molecule has 0 atom stereocenters. The first kappa shape index (κ1) is 14.2. The molecule has 3 N–H and O–H groups in total. The Morgan fingerprint density at radius 2 is 2.00 bits per heavy atom. The third-order valence-electron chi connectivity index (χ3n) is 2.92. The van der Waals surface area contributed by atoms with Gasteiger partial charge >= 0.3 is 0 Å². The summed E-state index contributed by atoms with van der Waals surface area (Å²) >= 11 is 5.88. The van der Waals surface area contributed by atoms with E-state index in [9.17, 15) is 4.79 Å². The molecule has 104 valence electrons. The molecular formula is C15H15ClN2O2. The van der Waals surface area contributed by atoms with Crippen LogP contribution in [0.3, 0.4) is 0 Å². The van der Waals surface area contributed by atoms with E-state index >= 15 is 0 Å². The molecule has 0 radical (unpaired) electrons. The van der Waals surface area contributed by atoms with Gasteiger partial charge in [0, 0.05) is 16.4 Å². The number of hydrogen-bond donors (Lipinski definition) is 2. The quantitative estimate of drug-likeness (QED) is 0.851. The van der Waals surface area contributed by atoms with E-state index < -0.39 is 0 Å². The number of nitrogen functional groups attached to an aromatic ring is 1. The SMILES string of the molecule is COc1cc(Cl)ccc1C(=O)Nc1cc(N)ccc1C. The fourth-order valence-electron chi connectivity index (χ4n) is 1.82. The van der Waals surface area contributed by atoms with Crippen LogP contribution in [0.15, 0.2) is 36.4 Å². The van der Waals surface area contributed by atoms with Crippen molar-refractivity contribution in [3.8, 4) is 5.75 Å². The number of benzene rings is 2. The summed E-state index contributed by atoms with van der Waals surface area (Å²) in [4.78, 5) is 12.3. The van der Waals surface area contributed by atoms with Crippen molar-refractivity contribution in [3.63, 3.8) is 0 Å². The molecule has 0 aliphatic carbocycles. The molecule has 0 spiro atoms. The number of anilines is 2. The topological polar surface area (TPSA) is 64.3 Å². The van der Waals surface area contributed by atoms with E-state index in [-0.39, 0.29) is 5.91 Å². The van der Waals surface area contributed by atoms with Gasteiger partial charge in [-0.2, -0.15) is 0 Å². The summed E-state index contributed by atoms with van der Waals surface area (Å²) < 4.78 is 5.17. The fourth-order valence-corrected chi connectivity index (χ4v) is 1.98. The highest BCUT2D eigenvalue weighted by Gasteiger charge is 2.13. The number of rotatable bonds is 3. The number of amides is 1. The van der Waals surface area contributed by atoms with Crippen molar-refractivity contribution in [2.24, 2.45) is 0 Å². The molecule has 0 aromatic heterocycles. The van der Waals surface area contributed by atoms with E-state index in [1.54, 1.807) is 30.3 Å². The Hall–Kier alpha value is -2.20. The molecular weight excluding hydrogens is 276 g/mol. The van der Waals surface area contributed by atoms with Crippen LogP contribution in [0.4, 0.5) is 11.4 Å². The van der Waals surface area contributed by atoms with Crippen molar-refractivity contribution in [2.75, 3.05) is 18.2 Å². The van der Waals surface area contributed by atoms with Crippen LogP contribution in [-0.2, 0) is 0 Å². The second-order valence-electron chi connectivity index (χ2n) is 4.37. The Bertz CT molecular complexity index is 656. The number of carbonyl (C=O) groups excluding carboxylic acids is 1. The predicted octanol–water partition coefficient (Wildman–Crippen LogP) is 3.49. The Balaban J connectivity index is 2.30. The first-order valence-electron chi connectivity index (χ1n) is 6.02. The molecule has 0 saturated carbocycles. The van der Waals surface area contributed by atoms with Gasteiger partial charge in [0.05, 0.1) is 12.7 Å². The largest absolute Gasteiger partial charge is 0.496 e. The van der Waals surface area contributed by atoms with E-state index in [0.717, 1.165) is 5.56 Å². The van der Waals surface area contributed by atoms with Crippen molar-refractivity contribution in [3.05, 3.63) is 52.5 Å². The van der Waals surface area contributed by atoms with Gasteiger partial charge in [-0.05, 0) is 42.8 Å². The molecule has 1 amide bonds. The summed E-state index contributed by atoms with van der Waals surface area (Å²) in [6, 6.07) is 10.2. The van der Waals surface area contributed by atoms with E-state index in [0.29, 0.717) is 27.7 Å². The van der Waals surface area contributed by atoms with Gasteiger partial charge in [-0.15, -0.1) is 0 Å². The molecule has 0 aliphatic heterocycles. The third kappa shape index (κ3) is 3.03. The highest BCUT2D eigenvalue weighted by Crippen LogP contribution is 2.25. The predicted molar refractivity (Wildman–Crippen MR) is 81.5 cm³/mol. The maximum absolute atomic E-state index is 12.3. The van der Waals surface area contributed by atoms with Gasteiger partial charge in [-0.3, -0.25) is 4.79 Å². The van der Waals surface area contributed by atoms with E-state index in [1.165, 1.54) is 7.11 Å². The monoisotopic (exact) mass is 290 g/mol. The summed E-state index contributed by atoms with van der Waals surface area (Å²) in [6.45, 7) is 1.90. The molecule has 5 heteroatoms. The van der Waals surface area contributed by atoms with Gasteiger partial charge in [0.15, 0.2) is 0 Å². The Morgan fingerprint density at radius 1 is 1.25 bits per heavy atom. The molecule has 2 aromatic carbocycles. The molecule has 0 saturated heterocycles. The number of aryl methyl sites for hydroxylation is 1. The number of nitrogens with two attached hydrogens (primary N) is 1. The standard InChI is InChI=1S/C15H15ClN2O2/c1-9-3-5-11(17)8-13(9)18-15(19)12-6-4-10(16)7-14(12)20-2/h3-8H,17H2,1-2H3,(H,18,19). The van der Waals surface area contributed by atoms with Crippen LogP contribution in [-0.4, -0.2) is 13.0 Å². The summed E-state index contributed by atoms with van der Waals surface area (Å²) in [7, 11) is 1.49. The second-order valence-corrected chi connectivity index (χ2v) is 4.81. The number of carbonyl (C=O) groups is 1. The minimum atomic E-state index is -0.271. The van der Waals surface area contributed by atoms with E-state index in [1.807, 2.05) is 13.0 Å². The Kier molecular flexibility index (Phi) is 4.15. The minimum absolute atomic E-state index is 0.271. The summed E-state index contributed by atoms with van der Waals surface area (Å²) in [6.07, 6.45) is 0. The zero-order valence-electron chi connectivity index (χ0n) is 11.2. The van der Waals surface area contributed by atoms with Crippen molar-refractivity contribution in [1.29, 1.82) is 0 Å². The maximum atomic E-state index is 12.3. The average Bonchev–Trinajstić information content (AvgIpc) is 2.42. The third-order valence-corrected chi connectivity index (χ3v) is 3.15. The lowest BCUT2D eigenvalue weighted by atomic mass is 10.1. The molecule has 20 heavy (non-hydrogen) atoms. The minimum Gasteiger partial charge on any atom is -0.496 e. The van der Waals surface area contributed by atoms with Crippen molar-refractivity contribution in [1.82, 2.24) is 0 Å². The smallest absolute Gasteiger partial charge is 0.259 e. The van der Waals surface area contributed by atoms with Crippen LogP contribution in [0.25, 0.3) is 0 Å². The van der Waals surface area contributed by atoms with Crippen molar-refractivity contribution < 1.29 is 9.53 Å². The number of ether oxygens (including phenoxy) is 1. The van der Waals surface area contributed by atoms with Gasteiger partial charge in [-0.1, -0.05) is 17.7 Å². The number of halogens is 1. The number of nitrogens with one attached hydrogen (secondary N) is 1. The molecule has 0 aliphatic rings. The van der Waals surface area contributed by atoms with Crippen LogP contribution in [0, 0.1) is 6.92 Å². The van der Waals surface area contributed by atoms with Crippen molar-refractivity contribution >= 4 is 28.9 Å². The van der Waals surface area contributed by atoms with Crippen LogP contribution >= 0.6 is 11.6 Å². The van der Waals surface area contributed by atoms with Gasteiger partial charge in [0.2, 0.25) is 0 Å². The van der Waals surface area contributed by atoms with Gasteiger partial charge in [0.25, 0.3) is 5.91 Å². The average molecular weight is 291 g/mol. The van der Waals surface area contributed by atoms with Gasteiger partial charge in [-0.25, -0.2) is 0 Å². The Labute approximate surface area is 122 Å². The highest BCUT2D eigenvalue weighted by molar-refractivity contribution is 6.31. The van der Waals surface area contributed by atoms with Gasteiger partial charge in [0.1, 0.15) is 5.75 Å². The lowest BCUT2D eigenvalue weighted by Gasteiger charge is -2.12. The molecule has 0 unspecified atom stereocenters. The van der Waals surface area contributed by atoms with Crippen LogP contribution in [0.2, 0.25) is 5.02 Å². The lowest BCUT2D eigenvalue weighted by molar-refractivity contribution is 0.102. The first-order chi connectivity index (χ1) is 9.51. The lowest BCUT2D eigenvalue weighted by Crippen LogP contribution is -2.14. The van der Waals surface area contributed by atoms with Crippen LogP contribution < -0.4 is 15.8 Å². The van der Waals surface area contributed by atoms with Crippen LogP contribution in [0.1, 0.15) is 15.9 Å².